The van der Waals surface area contributed by atoms with Crippen molar-refractivity contribution in [3.8, 4) is 5.75 Å². The van der Waals surface area contributed by atoms with Crippen molar-refractivity contribution in [2.75, 3.05) is 0 Å². The highest BCUT2D eigenvalue weighted by molar-refractivity contribution is 6.10. The van der Waals surface area contributed by atoms with Gasteiger partial charge in [-0.15, -0.1) is 0 Å². The van der Waals surface area contributed by atoms with Gasteiger partial charge in [-0.1, -0.05) is 36.4 Å². The van der Waals surface area contributed by atoms with Gasteiger partial charge in [0.05, 0.1) is 0 Å². The molecule has 4 nitrogen and oxygen atoms in total. The van der Waals surface area contributed by atoms with Crippen LogP contribution in [0.15, 0.2) is 48.5 Å². The topological polar surface area (TPSA) is 63.6 Å². The van der Waals surface area contributed by atoms with Crippen molar-refractivity contribution in [3.63, 3.8) is 0 Å². The van der Waals surface area contributed by atoms with Crippen molar-refractivity contribution < 1.29 is 19.4 Å². The highest BCUT2D eigenvalue weighted by Gasteiger charge is 2.29. The first-order valence-corrected chi connectivity index (χ1v) is 6.94. The summed E-state index contributed by atoms with van der Waals surface area (Å²) >= 11 is 0. The van der Waals surface area contributed by atoms with E-state index in [2.05, 4.69) is 0 Å². The molecule has 0 saturated carbocycles. The van der Waals surface area contributed by atoms with Crippen LogP contribution in [-0.4, -0.2) is 22.5 Å². The molecule has 22 heavy (non-hydrogen) atoms. The van der Waals surface area contributed by atoms with Gasteiger partial charge in [0.2, 0.25) is 0 Å². The molecular formula is C18H18O4. The Labute approximate surface area is 129 Å². The number of hydrogen-bond acceptors (Lipinski definition) is 3. The number of carboxylic acids is 1. The summed E-state index contributed by atoms with van der Waals surface area (Å²) in [5.41, 5.74) is 0.625. The highest BCUT2D eigenvalue weighted by Crippen LogP contribution is 2.22. The largest absolute Gasteiger partial charge is 0.478 e. The summed E-state index contributed by atoms with van der Waals surface area (Å²) in [7, 11) is 0. The van der Waals surface area contributed by atoms with E-state index in [9.17, 15) is 9.59 Å². The van der Waals surface area contributed by atoms with E-state index in [1.165, 1.54) is 13.8 Å². The van der Waals surface area contributed by atoms with Crippen LogP contribution < -0.4 is 4.74 Å². The molecule has 0 aliphatic heterocycles. The zero-order valence-corrected chi connectivity index (χ0v) is 12.8. The van der Waals surface area contributed by atoms with Gasteiger partial charge >= 0.3 is 5.97 Å². The van der Waals surface area contributed by atoms with Crippen LogP contribution in [0.3, 0.4) is 0 Å². The summed E-state index contributed by atoms with van der Waals surface area (Å²) in [5.74, 6) is -0.827. The third-order valence-corrected chi connectivity index (χ3v) is 3.37. The van der Waals surface area contributed by atoms with Gasteiger partial charge in [0.15, 0.2) is 11.4 Å². The van der Waals surface area contributed by atoms with E-state index < -0.39 is 11.6 Å². The Bertz CT molecular complexity index is 717. The maximum Gasteiger partial charge on any atom is 0.347 e. The minimum absolute atomic E-state index is 0.114. The summed E-state index contributed by atoms with van der Waals surface area (Å²) in [6.07, 6.45) is 0. The van der Waals surface area contributed by atoms with Crippen molar-refractivity contribution in [1.29, 1.82) is 0 Å². The highest BCUT2D eigenvalue weighted by atomic mass is 16.5. The first-order chi connectivity index (χ1) is 10.3. The molecule has 0 radical (unpaired) electrons. The fourth-order valence-electron chi connectivity index (χ4n) is 2.02. The second-order valence-electron chi connectivity index (χ2n) is 5.59. The molecule has 0 unspecified atom stereocenters. The van der Waals surface area contributed by atoms with Gasteiger partial charge < -0.3 is 9.84 Å². The minimum atomic E-state index is -1.36. The lowest BCUT2D eigenvalue weighted by atomic mass is 9.99. The molecule has 0 atom stereocenters. The van der Waals surface area contributed by atoms with Crippen LogP contribution in [0.2, 0.25) is 0 Å². The van der Waals surface area contributed by atoms with Crippen molar-refractivity contribution in [1.82, 2.24) is 0 Å². The smallest absolute Gasteiger partial charge is 0.347 e. The third kappa shape index (κ3) is 3.34. The molecule has 0 saturated heterocycles. The maximum absolute atomic E-state index is 12.5. The molecule has 4 heteroatoms. The second kappa shape index (κ2) is 6.02. The number of ketones is 1. The lowest BCUT2D eigenvalue weighted by molar-refractivity contribution is -0.152. The molecule has 0 aromatic heterocycles. The third-order valence-electron chi connectivity index (χ3n) is 3.37. The average molecular weight is 298 g/mol. The van der Waals surface area contributed by atoms with Crippen molar-refractivity contribution in [2.24, 2.45) is 0 Å². The summed E-state index contributed by atoms with van der Waals surface area (Å²) in [5, 5.41) is 9.10. The van der Waals surface area contributed by atoms with E-state index in [-0.39, 0.29) is 5.78 Å². The predicted molar refractivity (Wildman–Crippen MR) is 83.4 cm³/mol. The summed E-state index contributed by atoms with van der Waals surface area (Å²) in [4.78, 5) is 23.7. The van der Waals surface area contributed by atoms with Crippen LogP contribution in [-0.2, 0) is 4.79 Å². The summed E-state index contributed by atoms with van der Waals surface area (Å²) in [6.45, 7) is 4.80. The Hall–Kier alpha value is -2.62. The van der Waals surface area contributed by atoms with Crippen LogP contribution >= 0.6 is 0 Å². The fraction of sp³-hybridized carbons (Fsp3) is 0.222. The SMILES string of the molecule is Cc1ccccc1C(=O)c1cccc(OC(C)(C)C(=O)O)c1. The Morgan fingerprint density at radius 3 is 2.36 bits per heavy atom. The lowest BCUT2D eigenvalue weighted by Gasteiger charge is -2.21. The Kier molecular flexibility index (Phi) is 4.31. The van der Waals surface area contributed by atoms with Crippen molar-refractivity contribution in [3.05, 3.63) is 65.2 Å². The Balaban J connectivity index is 2.31. The molecule has 2 aromatic rings. The molecule has 0 bridgehead atoms. The number of ether oxygens (including phenoxy) is 1. The summed E-state index contributed by atoms with van der Waals surface area (Å²) < 4.78 is 5.47. The van der Waals surface area contributed by atoms with Gasteiger partial charge in [-0.25, -0.2) is 4.79 Å². The number of carbonyl (C=O) groups is 2. The fourth-order valence-corrected chi connectivity index (χ4v) is 2.02. The molecule has 0 fully saturated rings. The monoisotopic (exact) mass is 298 g/mol. The Morgan fingerprint density at radius 1 is 1.05 bits per heavy atom. The first-order valence-electron chi connectivity index (χ1n) is 6.94. The number of carboxylic acid groups (broad SMARTS) is 1. The number of hydrogen-bond donors (Lipinski definition) is 1. The number of aliphatic carboxylic acids is 1. The van der Waals surface area contributed by atoms with E-state index in [4.69, 9.17) is 9.84 Å². The van der Waals surface area contributed by atoms with Gasteiger partial charge in [-0.3, -0.25) is 4.79 Å². The number of rotatable bonds is 5. The standard InChI is InChI=1S/C18H18O4/c1-12-7-4-5-10-15(12)16(19)13-8-6-9-14(11-13)22-18(2,3)17(20)21/h4-11H,1-3H3,(H,20,21). The van der Waals surface area contributed by atoms with E-state index in [0.717, 1.165) is 5.56 Å². The van der Waals surface area contributed by atoms with Gasteiger partial charge in [0.1, 0.15) is 5.75 Å². The molecule has 0 aliphatic rings. The number of benzene rings is 2. The van der Waals surface area contributed by atoms with Gasteiger partial charge in [-0.05, 0) is 38.5 Å². The number of aryl methyl sites for hydroxylation is 1. The van der Waals surface area contributed by atoms with E-state index >= 15 is 0 Å². The van der Waals surface area contributed by atoms with Gasteiger partial charge in [0.25, 0.3) is 0 Å². The van der Waals surface area contributed by atoms with E-state index in [1.807, 2.05) is 25.1 Å². The average Bonchev–Trinajstić information content (AvgIpc) is 2.46. The first kappa shape index (κ1) is 15.8. The number of carbonyl (C=O) groups excluding carboxylic acids is 1. The van der Waals surface area contributed by atoms with Crippen molar-refractivity contribution >= 4 is 11.8 Å². The predicted octanol–water partition coefficient (Wildman–Crippen LogP) is 3.47. The normalized spacial score (nSPS) is 11.0. The lowest BCUT2D eigenvalue weighted by Crippen LogP contribution is -2.37. The van der Waals surface area contributed by atoms with Gasteiger partial charge in [0, 0.05) is 11.1 Å². The molecule has 0 heterocycles. The van der Waals surface area contributed by atoms with Gasteiger partial charge in [-0.2, -0.15) is 0 Å². The zero-order chi connectivity index (χ0) is 16.3. The van der Waals surface area contributed by atoms with Crippen LogP contribution in [0.1, 0.15) is 35.3 Å². The van der Waals surface area contributed by atoms with Crippen LogP contribution in [0.4, 0.5) is 0 Å². The molecule has 0 aliphatic carbocycles. The maximum atomic E-state index is 12.5. The minimum Gasteiger partial charge on any atom is -0.478 e. The quantitative estimate of drug-likeness (QED) is 0.858. The Morgan fingerprint density at radius 2 is 1.73 bits per heavy atom. The van der Waals surface area contributed by atoms with Crippen LogP contribution in [0, 0.1) is 6.92 Å². The molecule has 0 amide bonds. The zero-order valence-electron chi connectivity index (χ0n) is 12.8. The molecular weight excluding hydrogens is 280 g/mol. The summed E-state index contributed by atoms with van der Waals surface area (Å²) in [6, 6.07) is 13.9. The second-order valence-corrected chi connectivity index (χ2v) is 5.59. The molecule has 2 aromatic carbocycles. The van der Waals surface area contributed by atoms with E-state index in [0.29, 0.717) is 16.9 Å². The molecule has 0 spiro atoms. The van der Waals surface area contributed by atoms with Crippen LogP contribution in [0.25, 0.3) is 0 Å². The molecule has 114 valence electrons. The molecule has 1 N–H and O–H groups in total. The molecule has 2 rings (SSSR count). The van der Waals surface area contributed by atoms with E-state index in [1.54, 1.807) is 30.3 Å². The van der Waals surface area contributed by atoms with Crippen molar-refractivity contribution in [2.45, 2.75) is 26.4 Å². The van der Waals surface area contributed by atoms with Crippen LogP contribution in [0.5, 0.6) is 5.75 Å².